The Morgan fingerprint density at radius 1 is 1.19 bits per heavy atom. The normalized spacial score (nSPS) is 11.2. The first-order chi connectivity index (χ1) is 9.77. The largest absolute Gasteiger partial charge is 0.478 e. The third-order valence-corrected chi connectivity index (χ3v) is 3.13. The maximum atomic E-state index is 11.3. The van der Waals surface area contributed by atoms with E-state index in [1.807, 2.05) is 52.0 Å². The van der Waals surface area contributed by atoms with Crippen molar-refractivity contribution in [1.82, 2.24) is 4.98 Å². The quantitative estimate of drug-likeness (QED) is 0.919. The molecule has 0 bridgehead atoms. The van der Waals surface area contributed by atoms with Gasteiger partial charge in [0.15, 0.2) is 0 Å². The topological polar surface area (TPSA) is 59.4 Å². The summed E-state index contributed by atoms with van der Waals surface area (Å²) in [6.45, 7) is 7.89. The van der Waals surface area contributed by atoms with Gasteiger partial charge in [-0.2, -0.15) is 0 Å². The molecule has 2 aromatic rings. The number of hydrogen-bond donors (Lipinski definition) is 1. The van der Waals surface area contributed by atoms with Crippen molar-refractivity contribution in [2.24, 2.45) is 0 Å². The summed E-state index contributed by atoms with van der Waals surface area (Å²) in [5.74, 6) is -0.0148. The van der Waals surface area contributed by atoms with Gasteiger partial charge < -0.3 is 9.84 Å². The average molecular weight is 285 g/mol. The molecule has 1 N–H and O–H groups in total. The highest BCUT2D eigenvalue weighted by atomic mass is 16.5. The van der Waals surface area contributed by atoms with Crippen LogP contribution in [-0.2, 0) is 5.41 Å². The predicted octanol–water partition coefficient (Wildman–Crippen LogP) is 4.18. The lowest BCUT2D eigenvalue weighted by atomic mass is 9.91. The summed E-state index contributed by atoms with van der Waals surface area (Å²) < 4.78 is 5.76. The maximum Gasteiger partial charge on any atom is 0.335 e. The van der Waals surface area contributed by atoms with E-state index in [1.54, 1.807) is 6.07 Å². The first kappa shape index (κ1) is 15.0. The number of carboxylic acid groups (broad SMARTS) is 1. The number of hydrogen-bond acceptors (Lipinski definition) is 3. The molecule has 0 atom stereocenters. The lowest BCUT2D eigenvalue weighted by Gasteiger charge is -2.19. The van der Waals surface area contributed by atoms with Crippen LogP contribution in [0.3, 0.4) is 0 Å². The van der Waals surface area contributed by atoms with Crippen LogP contribution in [0.2, 0.25) is 0 Å². The third-order valence-electron chi connectivity index (χ3n) is 3.13. The van der Waals surface area contributed by atoms with Crippen LogP contribution in [0.1, 0.15) is 42.4 Å². The van der Waals surface area contributed by atoms with Crippen LogP contribution >= 0.6 is 0 Å². The van der Waals surface area contributed by atoms with Crippen molar-refractivity contribution in [2.75, 3.05) is 0 Å². The van der Waals surface area contributed by atoms with Crippen LogP contribution in [0, 0.1) is 6.92 Å². The highest BCUT2D eigenvalue weighted by Crippen LogP contribution is 2.28. The summed E-state index contributed by atoms with van der Waals surface area (Å²) in [6.07, 6.45) is 0. The Morgan fingerprint density at radius 2 is 1.86 bits per heavy atom. The number of pyridine rings is 1. The molecule has 1 heterocycles. The van der Waals surface area contributed by atoms with Gasteiger partial charge in [0, 0.05) is 11.5 Å². The molecule has 0 spiro atoms. The van der Waals surface area contributed by atoms with Gasteiger partial charge in [0.2, 0.25) is 5.88 Å². The zero-order valence-corrected chi connectivity index (χ0v) is 12.7. The molecule has 0 fully saturated rings. The fourth-order valence-corrected chi connectivity index (χ4v) is 1.85. The summed E-state index contributed by atoms with van der Waals surface area (Å²) >= 11 is 0. The van der Waals surface area contributed by atoms with Crippen molar-refractivity contribution in [3.63, 3.8) is 0 Å². The van der Waals surface area contributed by atoms with E-state index in [0.717, 1.165) is 5.56 Å². The predicted molar refractivity (Wildman–Crippen MR) is 81.1 cm³/mol. The Labute approximate surface area is 124 Å². The fraction of sp³-hybridized carbons (Fsp3) is 0.294. The summed E-state index contributed by atoms with van der Waals surface area (Å²) in [7, 11) is 0. The number of aryl methyl sites for hydroxylation is 1. The molecule has 4 nitrogen and oxygen atoms in total. The SMILES string of the molecule is Cc1ccccc1Oc1cc(C(=O)O)cc(C(C)(C)C)n1. The molecule has 1 aromatic carbocycles. The zero-order chi connectivity index (χ0) is 15.6. The second-order valence-electron chi connectivity index (χ2n) is 6.00. The van der Waals surface area contributed by atoms with E-state index in [0.29, 0.717) is 17.3 Å². The number of aromatic carboxylic acids is 1. The molecule has 0 radical (unpaired) electrons. The Morgan fingerprint density at radius 3 is 2.43 bits per heavy atom. The minimum Gasteiger partial charge on any atom is -0.478 e. The first-order valence-corrected chi connectivity index (χ1v) is 6.77. The van der Waals surface area contributed by atoms with Crippen LogP contribution in [0.4, 0.5) is 0 Å². The van der Waals surface area contributed by atoms with Crippen LogP contribution in [0.25, 0.3) is 0 Å². The molecule has 0 amide bonds. The number of ether oxygens (including phenoxy) is 1. The van der Waals surface area contributed by atoms with Gasteiger partial charge in [-0.15, -0.1) is 0 Å². The summed E-state index contributed by atoms with van der Waals surface area (Å²) in [5.41, 5.74) is 1.58. The summed E-state index contributed by atoms with van der Waals surface area (Å²) in [5, 5.41) is 9.24. The molecule has 0 aliphatic rings. The fourth-order valence-electron chi connectivity index (χ4n) is 1.85. The molecule has 2 rings (SSSR count). The second-order valence-corrected chi connectivity index (χ2v) is 6.00. The second kappa shape index (κ2) is 5.56. The molecular weight excluding hydrogens is 266 g/mol. The number of carboxylic acids is 1. The van der Waals surface area contributed by atoms with E-state index in [-0.39, 0.29) is 11.0 Å². The van der Waals surface area contributed by atoms with E-state index in [2.05, 4.69) is 4.98 Å². The molecule has 1 aromatic heterocycles. The number of para-hydroxylation sites is 1. The van der Waals surface area contributed by atoms with E-state index in [9.17, 15) is 9.90 Å². The Bertz CT molecular complexity index is 672. The van der Waals surface area contributed by atoms with Crippen molar-refractivity contribution in [3.05, 3.63) is 53.2 Å². The monoisotopic (exact) mass is 285 g/mol. The Balaban J connectivity index is 2.46. The van der Waals surface area contributed by atoms with Crippen LogP contribution in [0.15, 0.2) is 36.4 Å². The number of benzene rings is 1. The van der Waals surface area contributed by atoms with E-state index >= 15 is 0 Å². The number of carbonyl (C=O) groups is 1. The first-order valence-electron chi connectivity index (χ1n) is 6.77. The van der Waals surface area contributed by atoms with E-state index < -0.39 is 5.97 Å². The van der Waals surface area contributed by atoms with Gasteiger partial charge in [-0.05, 0) is 24.6 Å². The molecule has 0 aliphatic carbocycles. The van der Waals surface area contributed by atoms with Gasteiger partial charge >= 0.3 is 5.97 Å². The van der Waals surface area contributed by atoms with E-state index in [1.165, 1.54) is 6.07 Å². The van der Waals surface area contributed by atoms with Gasteiger partial charge in [-0.3, -0.25) is 0 Å². The molecule has 4 heteroatoms. The van der Waals surface area contributed by atoms with Crippen molar-refractivity contribution in [3.8, 4) is 11.6 Å². The van der Waals surface area contributed by atoms with Gasteiger partial charge in [0.05, 0.1) is 11.3 Å². The minimum absolute atomic E-state index is 0.179. The molecule has 110 valence electrons. The van der Waals surface area contributed by atoms with Gasteiger partial charge in [0.25, 0.3) is 0 Å². The molecule has 21 heavy (non-hydrogen) atoms. The third kappa shape index (κ3) is 3.60. The van der Waals surface area contributed by atoms with Crippen molar-refractivity contribution >= 4 is 5.97 Å². The average Bonchev–Trinajstić information content (AvgIpc) is 2.40. The molecule has 0 saturated carbocycles. The van der Waals surface area contributed by atoms with Crippen LogP contribution in [-0.4, -0.2) is 16.1 Å². The summed E-state index contributed by atoms with van der Waals surface area (Å²) in [6, 6.07) is 10.6. The summed E-state index contributed by atoms with van der Waals surface area (Å²) in [4.78, 5) is 15.7. The minimum atomic E-state index is -0.988. The molecule has 0 saturated heterocycles. The standard InChI is InChI=1S/C17H19NO3/c1-11-7-5-6-8-13(11)21-15-10-12(16(19)20)9-14(18-15)17(2,3)4/h5-10H,1-4H3,(H,19,20). The number of nitrogens with zero attached hydrogens (tertiary/aromatic N) is 1. The van der Waals surface area contributed by atoms with Gasteiger partial charge in [-0.25, -0.2) is 9.78 Å². The Hall–Kier alpha value is -2.36. The number of aromatic nitrogens is 1. The van der Waals surface area contributed by atoms with Gasteiger partial charge in [0.1, 0.15) is 5.75 Å². The van der Waals surface area contributed by atoms with E-state index in [4.69, 9.17) is 4.74 Å². The highest BCUT2D eigenvalue weighted by molar-refractivity contribution is 5.88. The smallest absolute Gasteiger partial charge is 0.335 e. The Kier molecular flexibility index (Phi) is 3.98. The van der Waals surface area contributed by atoms with Crippen molar-refractivity contribution < 1.29 is 14.6 Å². The lowest BCUT2D eigenvalue weighted by Crippen LogP contribution is -2.15. The van der Waals surface area contributed by atoms with Gasteiger partial charge in [-0.1, -0.05) is 39.0 Å². The van der Waals surface area contributed by atoms with Crippen molar-refractivity contribution in [2.45, 2.75) is 33.1 Å². The number of rotatable bonds is 3. The maximum absolute atomic E-state index is 11.3. The molecule has 0 unspecified atom stereocenters. The molecule has 0 aliphatic heterocycles. The van der Waals surface area contributed by atoms with Crippen LogP contribution in [0.5, 0.6) is 11.6 Å². The molecular formula is C17H19NO3. The lowest BCUT2D eigenvalue weighted by molar-refractivity contribution is 0.0696. The highest BCUT2D eigenvalue weighted by Gasteiger charge is 2.20. The van der Waals surface area contributed by atoms with Crippen molar-refractivity contribution in [1.29, 1.82) is 0 Å². The van der Waals surface area contributed by atoms with Crippen LogP contribution < -0.4 is 4.74 Å². The zero-order valence-electron chi connectivity index (χ0n) is 12.7.